The Balaban J connectivity index is 2.38. The van der Waals surface area contributed by atoms with Gasteiger partial charge >= 0.3 is 11.7 Å². The van der Waals surface area contributed by atoms with E-state index in [0.29, 0.717) is 16.7 Å². The third-order valence-electron chi connectivity index (χ3n) is 4.38. The van der Waals surface area contributed by atoms with E-state index >= 15 is 0 Å². The number of pyridine rings is 1. The maximum atomic E-state index is 12.8. The third kappa shape index (κ3) is 5.26. The van der Waals surface area contributed by atoms with Gasteiger partial charge in [-0.2, -0.15) is 0 Å². The zero-order valence-electron chi connectivity index (χ0n) is 17.1. The van der Waals surface area contributed by atoms with Crippen LogP contribution in [-0.2, 0) is 34.8 Å². The van der Waals surface area contributed by atoms with Gasteiger partial charge in [0, 0.05) is 25.2 Å². The number of hydrogen-bond donors (Lipinski definition) is 1. The lowest BCUT2D eigenvalue weighted by molar-refractivity contribution is -0.143. The lowest BCUT2D eigenvalue weighted by Gasteiger charge is -2.14. The van der Waals surface area contributed by atoms with Crippen molar-refractivity contribution in [3.8, 4) is 0 Å². The molecule has 0 saturated carbocycles. The molecule has 0 fully saturated rings. The van der Waals surface area contributed by atoms with Crippen LogP contribution in [0, 0.1) is 0 Å². The molecule has 0 aliphatic heterocycles. The monoisotopic (exact) mass is 422 g/mol. The maximum Gasteiger partial charge on any atom is 0.332 e. The number of carbonyl (C=O) groups excluding carboxylic acids is 2. The molecule has 1 amide bonds. The molecular formula is C19H26N4O5S. The second kappa shape index (κ2) is 10.2. The highest BCUT2D eigenvalue weighted by molar-refractivity contribution is 8.00. The van der Waals surface area contributed by atoms with Crippen LogP contribution in [0.15, 0.2) is 20.7 Å². The van der Waals surface area contributed by atoms with E-state index in [-0.39, 0.29) is 30.5 Å². The quantitative estimate of drug-likeness (QED) is 0.469. The topological polar surface area (TPSA) is 112 Å². The molecule has 9 nitrogen and oxygen atoms in total. The molecule has 0 aliphatic carbocycles. The van der Waals surface area contributed by atoms with Gasteiger partial charge in [0.2, 0.25) is 5.91 Å². The van der Waals surface area contributed by atoms with E-state index in [1.807, 2.05) is 0 Å². The van der Waals surface area contributed by atoms with E-state index in [0.717, 1.165) is 23.0 Å². The fourth-order valence-corrected chi connectivity index (χ4v) is 3.86. The minimum Gasteiger partial charge on any atom is -0.465 e. The molecule has 0 aliphatic rings. The summed E-state index contributed by atoms with van der Waals surface area (Å²) >= 11 is 1.20. The second-order valence-electron chi connectivity index (χ2n) is 6.49. The number of fused-ring (bicyclic) bond motifs is 1. The first kappa shape index (κ1) is 22.7. The Morgan fingerprint density at radius 2 is 1.93 bits per heavy atom. The van der Waals surface area contributed by atoms with Crippen molar-refractivity contribution in [3.05, 3.63) is 32.6 Å². The molecule has 2 heterocycles. The summed E-state index contributed by atoms with van der Waals surface area (Å²) in [6.07, 6.45) is 4.24. The summed E-state index contributed by atoms with van der Waals surface area (Å²) in [4.78, 5) is 53.6. The normalized spacial score (nSPS) is 10.9. The number of nitrogens with zero attached hydrogens (tertiary/aromatic N) is 3. The molecule has 0 saturated heterocycles. The van der Waals surface area contributed by atoms with Crippen LogP contribution in [-0.4, -0.2) is 44.9 Å². The highest BCUT2D eigenvalue weighted by atomic mass is 32.2. The van der Waals surface area contributed by atoms with Crippen LogP contribution >= 0.6 is 11.8 Å². The molecule has 10 heteroatoms. The van der Waals surface area contributed by atoms with E-state index < -0.39 is 17.2 Å². The molecule has 29 heavy (non-hydrogen) atoms. The number of ether oxygens (including phenoxy) is 1. The van der Waals surface area contributed by atoms with Crippen molar-refractivity contribution in [2.24, 2.45) is 14.1 Å². The SMILES string of the molecule is CCCCc1cnc2c(c1SCC(=O)NCC(=O)OCC)c(=O)n(C)c(=O)n2C. The van der Waals surface area contributed by atoms with Crippen LogP contribution in [0.5, 0.6) is 0 Å². The Bertz CT molecular complexity index is 1030. The van der Waals surface area contributed by atoms with Crippen molar-refractivity contribution in [3.63, 3.8) is 0 Å². The molecule has 0 spiro atoms. The highest BCUT2D eigenvalue weighted by Crippen LogP contribution is 2.29. The Morgan fingerprint density at radius 3 is 2.59 bits per heavy atom. The second-order valence-corrected chi connectivity index (χ2v) is 7.48. The molecule has 0 atom stereocenters. The van der Waals surface area contributed by atoms with Crippen molar-refractivity contribution >= 4 is 34.7 Å². The van der Waals surface area contributed by atoms with Gasteiger partial charge in [0.25, 0.3) is 5.56 Å². The third-order valence-corrected chi connectivity index (χ3v) is 5.54. The van der Waals surface area contributed by atoms with Gasteiger partial charge in [-0.3, -0.25) is 23.5 Å². The van der Waals surface area contributed by atoms with Crippen LogP contribution < -0.4 is 16.6 Å². The smallest absolute Gasteiger partial charge is 0.332 e. The number of rotatable bonds is 9. The number of hydrogen-bond acceptors (Lipinski definition) is 7. The van der Waals surface area contributed by atoms with Gasteiger partial charge in [-0.25, -0.2) is 9.78 Å². The average molecular weight is 423 g/mol. The van der Waals surface area contributed by atoms with E-state index in [9.17, 15) is 19.2 Å². The van der Waals surface area contributed by atoms with Crippen molar-refractivity contribution < 1.29 is 14.3 Å². The Labute approximate surface area is 172 Å². The van der Waals surface area contributed by atoms with Gasteiger partial charge in [-0.15, -0.1) is 11.8 Å². The molecule has 2 rings (SSSR count). The van der Waals surface area contributed by atoms with E-state index in [1.54, 1.807) is 20.2 Å². The number of nitrogens with one attached hydrogen (secondary N) is 1. The zero-order chi connectivity index (χ0) is 21.6. The molecule has 0 unspecified atom stereocenters. The minimum absolute atomic E-state index is 0.0175. The lowest BCUT2D eigenvalue weighted by atomic mass is 10.1. The first-order chi connectivity index (χ1) is 13.8. The summed E-state index contributed by atoms with van der Waals surface area (Å²) in [6, 6.07) is 0. The fraction of sp³-hybridized carbons (Fsp3) is 0.526. The summed E-state index contributed by atoms with van der Waals surface area (Å²) in [6.45, 7) is 3.79. The number of aromatic nitrogens is 3. The molecule has 1 N–H and O–H groups in total. The zero-order valence-corrected chi connectivity index (χ0v) is 17.9. The molecule has 0 aromatic carbocycles. The average Bonchev–Trinajstić information content (AvgIpc) is 2.71. The van der Waals surface area contributed by atoms with Gasteiger partial charge < -0.3 is 10.1 Å². The molecular weight excluding hydrogens is 396 g/mol. The molecule has 2 aromatic rings. The van der Waals surface area contributed by atoms with E-state index in [2.05, 4.69) is 17.2 Å². The number of thioether (sulfide) groups is 1. The van der Waals surface area contributed by atoms with E-state index in [4.69, 9.17) is 4.74 Å². The highest BCUT2D eigenvalue weighted by Gasteiger charge is 2.18. The fourth-order valence-electron chi connectivity index (χ4n) is 2.82. The number of aryl methyl sites for hydroxylation is 2. The predicted octanol–water partition coefficient (Wildman–Crippen LogP) is 0.746. The Kier molecular flexibility index (Phi) is 8.00. The first-order valence-electron chi connectivity index (χ1n) is 9.44. The van der Waals surface area contributed by atoms with E-state index in [1.165, 1.54) is 23.4 Å². The minimum atomic E-state index is -0.507. The van der Waals surface area contributed by atoms with Crippen LogP contribution in [0.3, 0.4) is 0 Å². The molecule has 0 bridgehead atoms. The molecule has 0 radical (unpaired) electrons. The first-order valence-corrected chi connectivity index (χ1v) is 10.4. The molecule has 2 aromatic heterocycles. The summed E-state index contributed by atoms with van der Waals surface area (Å²) in [5, 5.41) is 2.83. The van der Waals surface area contributed by atoms with Crippen molar-refractivity contribution in [1.82, 2.24) is 19.4 Å². The maximum absolute atomic E-state index is 12.8. The van der Waals surface area contributed by atoms with Crippen molar-refractivity contribution in [2.45, 2.75) is 38.0 Å². The summed E-state index contributed by atoms with van der Waals surface area (Å²) in [5.74, 6) is -0.840. The molecule has 158 valence electrons. The number of unbranched alkanes of at least 4 members (excludes halogenated alkanes) is 1. The van der Waals surface area contributed by atoms with Crippen molar-refractivity contribution in [2.75, 3.05) is 18.9 Å². The van der Waals surface area contributed by atoms with Crippen LogP contribution in [0.25, 0.3) is 11.0 Å². The summed E-state index contributed by atoms with van der Waals surface area (Å²) in [5.41, 5.74) is 0.244. The van der Waals surface area contributed by atoms with Crippen LogP contribution in [0.4, 0.5) is 0 Å². The Hall–Kier alpha value is -2.62. The largest absolute Gasteiger partial charge is 0.465 e. The lowest BCUT2D eigenvalue weighted by Crippen LogP contribution is -2.37. The number of esters is 1. The van der Waals surface area contributed by atoms with Gasteiger partial charge in [0.05, 0.1) is 17.7 Å². The van der Waals surface area contributed by atoms with Crippen LogP contribution in [0.1, 0.15) is 32.3 Å². The van der Waals surface area contributed by atoms with Gasteiger partial charge in [-0.1, -0.05) is 13.3 Å². The number of carbonyl (C=O) groups is 2. The number of amides is 1. The van der Waals surface area contributed by atoms with Crippen molar-refractivity contribution in [1.29, 1.82) is 0 Å². The summed E-state index contributed by atoms with van der Waals surface area (Å²) in [7, 11) is 2.98. The van der Waals surface area contributed by atoms with Gasteiger partial charge in [0.1, 0.15) is 12.2 Å². The standard InChI is InChI=1S/C19H26N4O5S/c1-5-7-8-12-9-21-17-15(18(26)23(4)19(27)22(17)3)16(12)29-11-13(24)20-10-14(25)28-6-2/h9H,5-8,10-11H2,1-4H3,(H,20,24). The van der Waals surface area contributed by atoms with Gasteiger partial charge in [0.15, 0.2) is 0 Å². The summed E-state index contributed by atoms with van der Waals surface area (Å²) < 4.78 is 7.15. The predicted molar refractivity (Wildman–Crippen MR) is 111 cm³/mol. The Morgan fingerprint density at radius 1 is 1.21 bits per heavy atom. The van der Waals surface area contributed by atoms with Gasteiger partial charge in [-0.05, 0) is 25.3 Å². The van der Waals surface area contributed by atoms with Crippen LogP contribution in [0.2, 0.25) is 0 Å².